The molecule has 0 bridgehead atoms. The Morgan fingerprint density at radius 2 is 2.17 bits per heavy atom. The Morgan fingerprint density at radius 1 is 1.61 bits per heavy atom. The molecule has 1 aromatic heterocycles. The second kappa shape index (κ2) is 4.88. The van der Waals surface area contributed by atoms with Gasteiger partial charge in [-0.2, -0.15) is 18.3 Å². The van der Waals surface area contributed by atoms with Crippen molar-refractivity contribution in [1.29, 1.82) is 0 Å². The van der Waals surface area contributed by atoms with Crippen molar-refractivity contribution in [2.24, 2.45) is 5.73 Å². The summed E-state index contributed by atoms with van der Waals surface area (Å²) in [7, 11) is 0. The molecule has 0 aliphatic rings. The lowest BCUT2D eigenvalue weighted by Gasteiger charge is -2.28. The molecule has 0 spiro atoms. The van der Waals surface area contributed by atoms with Crippen LogP contribution in [0.4, 0.5) is 13.2 Å². The van der Waals surface area contributed by atoms with Gasteiger partial charge < -0.3 is 10.8 Å². The lowest BCUT2D eigenvalue weighted by atomic mass is 9.95. The van der Waals surface area contributed by atoms with Crippen LogP contribution in [0.15, 0.2) is 10.7 Å². The summed E-state index contributed by atoms with van der Waals surface area (Å²) in [5.41, 5.74) is 1.00. The fraction of sp³-hybridized carbons (Fsp3) is 0.556. The average Bonchev–Trinajstić information content (AvgIpc) is 2.58. The number of hydrogen-bond donors (Lipinski definition) is 2. The molecule has 0 saturated heterocycles. The Balaban J connectivity index is 3.49. The van der Waals surface area contributed by atoms with Crippen LogP contribution < -0.4 is 5.73 Å². The Morgan fingerprint density at radius 3 is 2.56 bits per heavy atom. The summed E-state index contributed by atoms with van der Waals surface area (Å²) in [5.74, 6) is -2.17. The van der Waals surface area contributed by atoms with E-state index in [4.69, 9.17) is 10.8 Å². The smallest absolute Gasteiger partial charge is 0.423 e. The molecule has 5 nitrogen and oxygen atoms in total. The van der Waals surface area contributed by atoms with Crippen LogP contribution in [-0.2, 0) is 16.9 Å². The van der Waals surface area contributed by atoms with Gasteiger partial charge in [0.15, 0.2) is 0 Å². The number of halogens is 4. The Labute approximate surface area is 109 Å². The van der Waals surface area contributed by atoms with Gasteiger partial charge in [0.25, 0.3) is 5.54 Å². The second-order valence-electron chi connectivity index (χ2n) is 3.68. The quantitative estimate of drug-likeness (QED) is 0.883. The van der Waals surface area contributed by atoms with Gasteiger partial charge in [0.1, 0.15) is 0 Å². The van der Waals surface area contributed by atoms with Crippen LogP contribution in [0.3, 0.4) is 0 Å². The van der Waals surface area contributed by atoms with Crippen molar-refractivity contribution >= 4 is 21.9 Å². The largest absolute Gasteiger partial charge is 0.479 e. The first-order valence-corrected chi connectivity index (χ1v) is 5.76. The lowest BCUT2D eigenvalue weighted by molar-refractivity contribution is -0.206. The van der Waals surface area contributed by atoms with Crippen LogP contribution >= 0.6 is 15.9 Å². The summed E-state index contributed by atoms with van der Waals surface area (Å²) in [6, 6.07) is 0. The molecule has 0 saturated carbocycles. The normalized spacial score (nSPS) is 15.4. The number of alkyl halides is 3. The zero-order valence-electron chi connectivity index (χ0n) is 9.33. The fourth-order valence-corrected chi connectivity index (χ4v) is 2.10. The van der Waals surface area contributed by atoms with Crippen LogP contribution in [0.5, 0.6) is 0 Å². The fourth-order valence-electron chi connectivity index (χ4n) is 1.49. The third kappa shape index (κ3) is 2.24. The standard InChI is InChI=1S/C9H11BrF3N3O2/c1-2-3-16-6(5(10)4-15-16)8(14,7(17)18)9(11,12)13/h4H,2-3,14H2,1H3,(H,17,18). The summed E-state index contributed by atoms with van der Waals surface area (Å²) >= 11 is 2.86. The molecule has 1 rings (SSSR count). The van der Waals surface area contributed by atoms with Gasteiger partial charge in [0.05, 0.1) is 16.4 Å². The summed E-state index contributed by atoms with van der Waals surface area (Å²) < 4.78 is 39.7. The molecule has 0 amide bonds. The van der Waals surface area contributed by atoms with E-state index < -0.39 is 23.4 Å². The third-order valence-corrected chi connectivity index (χ3v) is 2.97. The summed E-state index contributed by atoms with van der Waals surface area (Å²) in [6.45, 7) is 1.87. The molecule has 102 valence electrons. The van der Waals surface area contributed by atoms with E-state index in [1.54, 1.807) is 6.92 Å². The van der Waals surface area contributed by atoms with Gasteiger partial charge in [-0.1, -0.05) is 6.92 Å². The molecule has 0 aliphatic carbocycles. The van der Waals surface area contributed by atoms with Crippen LogP contribution in [0.2, 0.25) is 0 Å². The number of carbonyl (C=O) groups is 1. The third-order valence-electron chi connectivity index (χ3n) is 2.39. The van der Waals surface area contributed by atoms with Crippen molar-refractivity contribution in [2.45, 2.75) is 31.6 Å². The lowest BCUT2D eigenvalue weighted by Crippen LogP contribution is -2.57. The summed E-state index contributed by atoms with van der Waals surface area (Å²) in [6.07, 6.45) is -3.54. The van der Waals surface area contributed by atoms with Crippen molar-refractivity contribution in [1.82, 2.24) is 9.78 Å². The molecule has 0 fully saturated rings. The predicted molar refractivity (Wildman–Crippen MR) is 59.8 cm³/mol. The number of carboxylic acids is 1. The maximum Gasteiger partial charge on any atom is 0.423 e. The first kappa shape index (κ1) is 15.0. The number of carboxylic acid groups (broad SMARTS) is 1. The van der Waals surface area contributed by atoms with Gasteiger partial charge in [0.2, 0.25) is 0 Å². The number of nitrogens with zero attached hydrogens (tertiary/aromatic N) is 2. The molecule has 3 N–H and O–H groups in total. The van der Waals surface area contributed by atoms with Gasteiger partial charge in [-0.3, -0.25) is 4.68 Å². The predicted octanol–water partition coefficient (Wildman–Crippen LogP) is 1.86. The molecule has 18 heavy (non-hydrogen) atoms. The van der Waals surface area contributed by atoms with Gasteiger partial charge >= 0.3 is 12.1 Å². The molecule has 1 atom stereocenters. The van der Waals surface area contributed by atoms with E-state index in [2.05, 4.69) is 21.0 Å². The van der Waals surface area contributed by atoms with E-state index in [-0.39, 0.29) is 11.0 Å². The topological polar surface area (TPSA) is 81.1 Å². The molecule has 0 aliphatic heterocycles. The molecule has 1 aromatic rings. The van der Waals surface area contributed by atoms with Crippen molar-refractivity contribution in [3.8, 4) is 0 Å². The van der Waals surface area contributed by atoms with Gasteiger partial charge in [-0.15, -0.1) is 0 Å². The van der Waals surface area contributed by atoms with E-state index in [1.807, 2.05) is 0 Å². The zero-order chi connectivity index (χ0) is 14.1. The highest BCUT2D eigenvalue weighted by atomic mass is 79.9. The number of hydrogen-bond acceptors (Lipinski definition) is 3. The Kier molecular flexibility index (Phi) is 4.06. The maximum atomic E-state index is 13.0. The molecule has 0 radical (unpaired) electrons. The van der Waals surface area contributed by atoms with Crippen LogP contribution in [0.1, 0.15) is 19.0 Å². The van der Waals surface area contributed by atoms with E-state index in [9.17, 15) is 18.0 Å². The molecule has 9 heteroatoms. The highest BCUT2D eigenvalue weighted by Crippen LogP contribution is 2.40. The number of nitrogens with two attached hydrogens (primary N) is 1. The molecule has 1 heterocycles. The Hall–Kier alpha value is -1.09. The number of rotatable bonds is 4. The van der Waals surface area contributed by atoms with Crippen LogP contribution in [-0.4, -0.2) is 27.0 Å². The minimum absolute atomic E-state index is 0.0850. The minimum atomic E-state index is -5.13. The molecular weight excluding hydrogens is 319 g/mol. The van der Waals surface area contributed by atoms with Crippen molar-refractivity contribution in [2.75, 3.05) is 0 Å². The number of aliphatic carboxylic acids is 1. The van der Waals surface area contributed by atoms with Crippen molar-refractivity contribution in [3.63, 3.8) is 0 Å². The van der Waals surface area contributed by atoms with E-state index >= 15 is 0 Å². The first-order valence-electron chi connectivity index (χ1n) is 4.97. The molecule has 0 aromatic carbocycles. The van der Waals surface area contributed by atoms with Gasteiger partial charge in [0, 0.05) is 6.54 Å². The average molecular weight is 330 g/mol. The number of aryl methyl sites for hydroxylation is 1. The Bertz CT molecular complexity index is 460. The summed E-state index contributed by atoms with van der Waals surface area (Å²) in [4.78, 5) is 11.0. The van der Waals surface area contributed by atoms with Crippen LogP contribution in [0.25, 0.3) is 0 Å². The summed E-state index contributed by atoms with van der Waals surface area (Å²) in [5, 5.41) is 12.5. The van der Waals surface area contributed by atoms with Crippen LogP contribution in [0, 0.1) is 0 Å². The second-order valence-corrected chi connectivity index (χ2v) is 4.53. The first-order chi connectivity index (χ1) is 8.16. The highest BCUT2D eigenvalue weighted by molar-refractivity contribution is 9.10. The number of aromatic nitrogens is 2. The van der Waals surface area contributed by atoms with Crippen molar-refractivity contribution in [3.05, 3.63) is 16.4 Å². The van der Waals surface area contributed by atoms with E-state index in [0.29, 0.717) is 6.42 Å². The molecular formula is C9H11BrF3N3O2. The molecule has 1 unspecified atom stereocenters. The highest BCUT2D eigenvalue weighted by Gasteiger charge is 2.62. The van der Waals surface area contributed by atoms with E-state index in [1.165, 1.54) is 0 Å². The van der Waals surface area contributed by atoms with Gasteiger partial charge in [-0.25, -0.2) is 4.79 Å². The monoisotopic (exact) mass is 329 g/mol. The van der Waals surface area contributed by atoms with E-state index in [0.717, 1.165) is 10.9 Å². The van der Waals surface area contributed by atoms with Gasteiger partial charge in [-0.05, 0) is 22.4 Å². The minimum Gasteiger partial charge on any atom is -0.479 e. The van der Waals surface area contributed by atoms with Crippen molar-refractivity contribution < 1.29 is 23.1 Å². The SMILES string of the molecule is CCCn1ncc(Br)c1C(N)(C(=O)O)C(F)(F)F. The maximum absolute atomic E-state index is 13.0. The zero-order valence-corrected chi connectivity index (χ0v) is 10.9.